The van der Waals surface area contributed by atoms with Crippen molar-refractivity contribution < 1.29 is 23.6 Å². The summed E-state index contributed by atoms with van der Waals surface area (Å²) in [5.74, 6) is -2.23. The summed E-state index contributed by atoms with van der Waals surface area (Å²) in [7, 11) is 0. The fourth-order valence-corrected chi connectivity index (χ4v) is 3.24. The first-order valence-electron chi connectivity index (χ1n) is 8.41. The topological polar surface area (TPSA) is 108 Å². The van der Waals surface area contributed by atoms with Gasteiger partial charge in [-0.25, -0.2) is 9.18 Å². The summed E-state index contributed by atoms with van der Waals surface area (Å²) in [6.45, 7) is -0.430. The number of amides is 5. The predicted octanol–water partition coefficient (Wildman–Crippen LogP) is 0.841. The van der Waals surface area contributed by atoms with Crippen LogP contribution in [0, 0.1) is 5.82 Å². The Bertz CT molecular complexity index is 744. The zero-order valence-electron chi connectivity index (χ0n) is 14.0. The average molecular weight is 362 g/mol. The Morgan fingerprint density at radius 2 is 1.77 bits per heavy atom. The number of imide groups is 1. The molecule has 0 aromatic heterocycles. The van der Waals surface area contributed by atoms with Crippen molar-refractivity contribution in [3.8, 4) is 0 Å². The van der Waals surface area contributed by atoms with Crippen molar-refractivity contribution in [2.24, 2.45) is 0 Å². The molecule has 1 saturated carbocycles. The van der Waals surface area contributed by atoms with Crippen LogP contribution in [-0.2, 0) is 9.59 Å². The molecule has 1 heterocycles. The lowest BCUT2D eigenvalue weighted by molar-refractivity contribution is -0.139. The van der Waals surface area contributed by atoms with E-state index in [1.807, 2.05) is 0 Å². The molecule has 9 heteroatoms. The van der Waals surface area contributed by atoms with Crippen molar-refractivity contribution in [2.75, 3.05) is 6.54 Å². The largest absolute Gasteiger partial charge is 0.344 e. The highest BCUT2D eigenvalue weighted by Crippen LogP contribution is 2.32. The first kappa shape index (κ1) is 17.8. The van der Waals surface area contributed by atoms with Crippen LogP contribution in [0.2, 0.25) is 0 Å². The normalized spacial score (nSPS) is 18.6. The summed E-state index contributed by atoms with van der Waals surface area (Å²) in [6.07, 6.45) is 3.77. The second-order valence-corrected chi connectivity index (χ2v) is 6.44. The van der Waals surface area contributed by atoms with E-state index in [9.17, 15) is 23.6 Å². The minimum Gasteiger partial charge on any atom is -0.343 e. The highest BCUT2D eigenvalue weighted by Gasteiger charge is 2.52. The molecule has 0 atom stereocenters. The molecular formula is C17H19FN4O4. The number of hydrogen-bond acceptors (Lipinski definition) is 4. The fourth-order valence-electron chi connectivity index (χ4n) is 3.24. The molecular weight excluding hydrogens is 343 g/mol. The van der Waals surface area contributed by atoms with Gasteiger partial charge in [0.15, 0.2) is 0 Å². The van der Waals surface area contributed by atoms with Crippen LogP contribution in [0.15, 0.2) is 24.3 Å². The number of carbonyl (C=O) groups is 4. The highest BCUT2D eigenvalue weighted by atomic mass is 19.1. The number of nitrogens with one attached hydrogen (secondary N) is 3. The molecule has 1 saturated heterocycles. The van der Waals surface area contributed by atoms with Gasteiger partial charge in [0.1, 0.15) is 11.4 Å². The minimum atomic E-state index is -0.931. The van der Waals surface area contributed by atoms with Gasteiger partial charge >= 0.3 is 6.03 Å². The number of nitrogens with zero attached hydrogens (tertiary/aromatic N) is 1. The Morgan fingerprint density at radius 1 is 1.12 bits per heavy atom. The summed E-state index contributed by atoms with van der Waals surface area (Å²) in [4.78, 5) is 48.5. The van der Waals surface area contributed by atoms with Crippen LogP contribution in [0.5, 0.6) is 0 Å². The van der Waals surface area contributed by atoms with E-state index < -0.39 is 41.7 Å². The Kier molecular flexibility index (Phi) is 4.88. The molecule has 0 radical (unpaired) electrons. The van der Waals surface area contributed by atoms with Crippen molar-refractivity contribution >= 4 is 23.8 Å². The van der Waals surface area contributed by atoms with Crippen molar-refractivity contribution in [3.63, 3.8) is 0 Å². The van der Waals surface area contributed by atoms with Gasteiger partial charge in [-0.05, 0) is 37.1 Å². The Labute approximate surface area is 149 Å². The van der Waals surface area contributed by atoms with Crippen LogP contribution < -0.4 is 16.1 Å². The zero-order valence-corrected chi connectivity index (χ0v) is 14.0. The molecule has 8 nitrogen and oxygen atoms in total. The second kappa shape index (κ2) is 7.11. The summed E-state index contributed by atoms with van der Waals surface area (Å²) in [5.41, 5.74) is 1.48. The molecule has 3 rings (SSSR count). The van der Waals surface area contributed by atoms with Crippen molar-refractivity contribution in [3.05, 3.63) is 35.6 Å². The predicted molar refractivity (Wildman–Crippen MR) is 88.1 cm³/mol. The minimum absolute atomic E-state index is 0.190. The van der Waals surface area contributed by atoms with Crippen LogP contribution in [-0.4, -0.2) is 40.8 Å². The molecule has 26 heavy (non-hydrogen) atoms. The SMILES string of the molecule is O=C(CNC(=O)c1ccc(F)cc1)NN1C(=O)NC2(CCCCC2)C1=O. The van der Waals surface area contributed by atoms with E-state index in [-0.39, 0.29) is 5.56 Å². The Hall–Kier alpha value is -2.97. The maximum Gasteiger partial charge on any atom is 0.344 e. The molecule has 1 spiro atoms. The maximum absolute atomic E-state index is 12.8. The van der Waals surface area contributed by atoms with Gasteiger partial charge in [0.05, 0.1) is 6.54 Å². The number of rotatable bonds is 4. The average Bonchev–Trinajstić information content (AvgIpc) is 2.85. The van der Waals surface area contributed by atoms with Gasteiger partial charge in [-0.3, -0.25) is 19.8 Å². The van der Waals surface area contributed by atoms with E-state index in [2.05, 4.69) is 16.1 Å². The first-order chi connectivity index (χ1) is 12.4. The quantitative estimate of drug-likeness (QED) is 0.690. The lowest BCUT2D eigenvalue weighted by Crippen LogP contribution is -2.52. The van der Waals surface area contributed by atoms with Gasteiger partial charge in [-0.2, -0.15) is 5.01 Å². The monoisotopic (exact) mass is 362 g/mol. The Morgan fingerprint density at radius 3 is 2.42 bits per heavy atom. The number of carbonyl (C=O) groups excluding carboxylic acids is 4. The third-order valence-corrected chi connectivity index (χ3v) is 4.62. The van der Waals surface area contributed by atoms with Crippen LogP contribution in [0.1, 0.15) is 42.5 Å². The van der Waals surface area contributed by atoms with Crippen molar-refractivity contribution in [2.45, 2.75) is 37.6 Å². The molecule has 1 aliphatic heterocycles. The fraction of sp³-hybridized carbons (Fsp3) is 0.412. The molecule has 0 bridgehead atoms. The molecule has 2 fully saturated rings. The van der Waals surface area contributed by atoms with Gasteiger partial charge in [-0.1, -0.05) is 19.3 Å². The van der Waals surface area contributed by atoms with Crippen LogP contribution in [0.3, 0.4) is 0 Å². The van der Waals surface area contributed by atoms with Crippen LogP contribution in [0.4, 0.5) is 9.18 Å². The zero-order chi connectivity index (χ0) is 18.7. The van der Waals surface area contributed by atoms with E-state index >= 15 is 0 Å². The third-order valence-electron chi connectivity index (χ3n) is 4.62. The second-order valence-electron chi connectivity index (χ2n) is 6.44. The van der Waals surface area contributed by atoms with Crippen LogP contribution >= 0.6 is 0 Å². The van der Waals surface area contributed by atoms with Gasteiger partial charge in [0.25, 0.3) is 17.7 Å². The Balaban J connectivity index is 1.54. The lowest BCUT2D eigenvalue weighted by Gasteiger charge is -2.30. The molecule has 5 amide bonds. The van der Waals surface area contributed by atoms with E-state index in [0.29, 0.717) is 17.9 Å². The van der Waals surface area contributed by atoms with Gasteiger partial charge in [0.2, 0.25) is 0 Å². The maximum atomic E-state index is 12.8. The van der Waals surface area contributed by atoms with Gasteiger partial charge in [-0.15, -0.1) is 0 Å². The molecule has 3 N–H and O–H groups in total. The van der Waals surface area contributed by atoms with Crippen molar-refractivity contribution in [1.29, 1.82) is 0 Å². The molecule has 0 unspecified atom stereocenters. The summed E-state index contributed by atoms with van der Waals surface area (Å²) >= 11 is 0. The molecule has 1 aliphatic carbocycles. The standard InChI is InChI=1S/C17H19FN4O4/c18-12-6-4-11(5-7-12)14(24)19-10-13(23)21-22-15(25)17(20-16(22)26)8-2-1-3-9-17/h4-7H,1-3,8-10H2,(H,19,24)(H,20,26)(H,21,23). The van der Waals surface area contributed by atoms with E-state index in [0.717, 1.165) is 31.4 Å². The summed E-state index contributed by atoms with van der Waals surface area (Å²) in [6, 6.07) is 4.16. The van der Waals surface area contributed by atoms with E-state index in [1.54, 1.807) is 0 Å². The molecule has 1 aromatic carbocycles. The number of hydrogen-bond donors (Lipinski definition) is 3. The van der Waals surface area contributed by atoms with E-state index in [4.69, 9.17) is 0 Å². The number of halogens is 1. The molecule has 2 aliphatic rings. The highest BCUT2D eigenvalue weighted by molar-refractivity contribution is 6.08. The number of urea groups is 1. The lowest BCUT2D eigenvalue weighted by atomic mass is 9.82. The number of benzene rings is 1. The van der Waals surface area contributed by atoms with Gasteiger partial charge in [0, 0.05) is 5.56 Å². The third kappa shape index (κ3) is 3.51. The molecule has 138 valence electrons. The number of hydrazine groups is 1. The van der Waals surface area contributed by atoms with Gasteiger partial charge < -0.3 is 10.6 Å². The first-order valence-corrected chi connectivity index (χ1v) is 8.41. The van der Waals surface area contributed by atoms with E-state index in [1.165, 1.54) is 12.1 Å². The smallest absolute Gasteiger partial charge is 0.343 e. The summed E-state index contributed by atoms with van der Waals surface area (Å²) in [5, 5.41) is 5.70. The van der Waals surface area contributed by atoms with Crippen LogP contribution in [0.25, 0.3) is 0 Å². The summed E-state index contributed by atoms with van der Waals surface area (Å²) < 4.78 is 12.8. The van der Waals surface area contributed by atoms with Crippen molar-refractivity contribution in [1.82, 2.24) is 21.1 Å². The molecule has 1 aromatic rings.